The molecule has 1 aliphatic heterocycles. The van der Waals surface area contributed by atoms with Gasteiger partial charge in [-0.25, -0.2) is 4.79 Å². The van der Waals surface area contributed by atoms with Crippen LogP contribution in [0.3, 0.4) is 0 Å². The lowest BCUT2D eigenvalue weighted by Gasteiger charge is -2.37. The van der Waals surface area contributed by atoms with Crippen LogP contribution in [0.15, 0.2) is 24.3 Å². The van der Waals surface area contributed by atoms with Gasteiger partial charge in [0.25, 0.3) is 0 Å². The molecule has 0 spiro atoms. The van der Waals surface area contributed by atoms with E-state index in [0.717, 1.165) is 11.3 Å². The molecule has 0 bridgehead atoms. The molecule has 1 aliphatic rings. The lowest BCUT2D eigenvalue weighted by molar-refractivity contribution is 0.179. The van der Waals surface area contributed by atoms with Crippen LogP contribution < -0.4 is 10.1 Å². The molecular weight excluding hydrogens is 312 g/mol. The van der Waals surface area contributed by atoms with Crippen LogP contribution in [0, 0.1) is 0 Å². The Bertz CT molecular complexity index is 577. The molecule has 0 aromatic heterocycles. The summed E-state index contributed by atoms with van der Waals surface area (Å²) < 4.78 is 17.5. The number of nitrogens with one attached hydrogen (secondary N) is 1. The number of hydrogen-bond acceptors (Lipinski definition) is 3. The topological polar surface area (TPSA) is 58.6 Å². The predicted molar refractivity (Wildman–Crippen MR) is 93.1 cm³/mol. The van der Waals surface area contributed by atoms with Crippen molar-refractivity contribution < 1.29 is 13.7 Å². The molecule has 2 rings (SSSR count). The molecular formula is C17H26N2O3S. The minimum Gasteiger partial charge on any atom is -0.491 e. The van der Waals surface area contributed by atoms with Crippen molar-refractivity contribution in [3.63, 3.8) is 0 Å². The number of ether oxygens (including phenoxy) is 1. The van der Waals surface area contributed by atoms with Gasteiger partial charge in [-0.3, -0.25) is 4.21 Å². The van der Waals surface area contributed by atoms with Gasteiger partial charge in [-0.15, -0.1) is 0 Å². The first-order valence-electron chi connectivity index (χ1n) is 8.05. The van der Waals surface area contributed by atoms with Gasteiger partial charge in [0, 0.05) is 35.7 Å². The highest BCUT2D eigenvalue weighted by Crippen LogP contribution is 2.17. The lowest BCUT2D eigenvalue weighted by atomic mass is 10.2. The van der Waals surface area contributed by atoms with Crippen LogP contribution in [0.25, 0.3) is 0 Å². The zero-order valence-corrected chi connectivity index (χ0v) is 15.1. The molecule has 5 nitrogen and oxygen atoms in total. The maximum absolute atomic E-state index is 12.4. The fraction of sp³-hybridized carbons (Fsp3) is 0.588. The first-order chi connectivity index (χ1) is 10.9. The lowest BCUT2D eigenvalue weighted by Crippen LogP contribution is -2.55. The average Bonchev–Trinajstić information content (AvgIpc) is 2.50. The number of carbonyl (C=O) groups excluding carboxylic acids is 1. The predicted octanol–water partition coefficient (Wildman–Crippen LogP) is 2.52. The second kappa shape index (κ2) is 7.81. The van der Waals surface area contributed by atoms with Crippen molar-refractivity contribution >= 4 is 16.8 Å². The standard InChI is InChI=1S/C17H26N2O3S/c1-12(2)22-16-7-5-6-15(10-16)11-18-17(20)19-8-9-23(21)14(4)13(19)3/h5-7,10,12-14H,8-9,11H2,1-4H3,(H,18,20). The fourth-order valence-corrected chi connectivity index (χ4v) is 3.95. The summed E-state index contributed by atoms with van der Waals surface area (Å²) in [5, 5.41) is 2.96. The Kier molecular flexibility index (Phi) is 6.04. The van der Waals surface area contributed by atoms with Crippen LogP contribution in [0.4, 0.5) is 4.79 Å². The second-order valence-corrected chi connectivity index (χ2v) is 8.11. The molecule has 1 fully saturated rings. The summed E-state index contributed by atoms with van der Waals surface area (Å²) >= 11 is 0. The minimum absolute atomic E-state index is 0.0114. The van der Waals surface area contributed by atoms with Gasteiger partial charge in [0.15, 0.2) is 0 Å². The number of benzene rings is 1. The molecule has 23 heavy (non-hydrogen) atoms. The SMILES string of the molecule is CC(C)Oc1cccc(CNC(=O)N2CCS(=O)C(C)C2C)c1. The van der Waals surface area contributed by atoms with Gasteiger partial charge in [0.1, 0.15) is 5.75 Å². The summed E-state index contributed by atoms with van der Waals surface area (Å²) in [6.45, 7) is 8.86. The van der Waals surface area contributed by atoms with E-state index >= 15 is 0 Å². The number of hydrogen-bond donors (Lipinski definition) is 1. The van der Waals surface area contributed by atoms with Crippen LogP contribution in [-0.2, 0) is 17.3 Å². The van der Waals surface area contributed by atoms with Gasteiger partial charge in [0.2, 0.25) is 0 Å². The number of urea groups is 1. The number of amides is 2. The molecule has 0 aliphatic carbocycles. The Balaban J connectivity index is 1.93. The molecule has 1 N–H and O–H groups in total. The number of carbonyl (C=O) groups is 1. The van der Waals surface area contributed by atoms with Crippen LogP contribution in [0.1, 0.15) is 33.3 Å². The Morgan fingerprint density at radius 3 is 2.87 bits per heavy atom. The van der Waals surface area contributed by atoms with Gasteiger partial charge >= 0.3 is 6.03 Å². The zero-order valence-electron chi connectivity index (χ0n) is 14.2. The number of rotatable bonds is 4. The molecule has 6 heteroatoms. The van der Waals surface area contributed by atoms with Crippen molar-refractivity contribution in [2.24, 2.45) is 0 Å². The van der Waals surface area contributed by atoms with Crippen LogP contribution in [-0.4, -0.2) is 44.8 Å². The van der Waals surface area contributed by atoms with Crippen molar-refractivity contribution in [1.82, 2.24) is 10.2 Å². The molecule has 2 amide bonds. The second-order valence-electron chi connectivity index (χ2n) is 6.20. The quantitative estimate of drug-likeness (QED) is 0.918. The first-order valence-corrected chi connectivity index (χ1v) is 9.44. The Hall–Kier alpha value is -1.56. The Morgan fingerprint density at radius 1 is 1.43 bits per heavy atom. The van der Waals surface area contributed by atoms with E-state index in [0.29, 0.717) is 18.8 Å². The Labute approximate surface area is 140 Å². The van der Waals surface area contributed by atoms with E-state index in [-0.39, 0.29) is 23.4 Å². The van der Waals surface area contributed by atoms with Crippen molar-refractivity contribution in [1.29, 1.82) is 0 Å². The molecule has 128 valence electrons. The first kappa shape index (κ1) is 17.8. The largest absolute Gasteiger partial charge is 0.491 e. The summed E-state index contributed by atoms with van der Waals surface area (Å²) in [5.74, 6) is 1.36. The van der Waals surface area contributed by atoms with E-state index in [1.54, 1.807) is 4.90 Å². The van der Waals surface area contributed by atoms with Crippen molar-refractivity contribution in [3.05, 3.63) is 29.8 Å². The normalized spacial score (nSPS) is 24.6. The van der Waals surface area contributed by atoms with Gasteiger partial charge in [0.05, 0.1) is 11.4 Å². The molecule has 3 unspecified atom stereocenters. The van der Waals surface area contributed by atoms with E-state index in [1.165, 1.54) is 0 Å². The highest BCUT2D eigenvalue weighted by Gasteiger charge is 2.32. The van der Waals surface area contributed by atoms with E-state index in [4.69, 9.17) is 4.74 Å². The van der Waals surface area contributed by atoms with Crippen LogP contribution in [0.5, 0.6) is 5.75 Å². The smallest absolute Gasteiger partial charge is 0.317 e. The maximum Gasteiger partial charge on any atom is 0.317 e. The average molecular weight is 338 g/mol. The minimum atomic E-state index is -0.839. The van der Waals surface area contributed by atoms with Gasteiger partial charge < -0.3 is 15.0 Å². The molecule has 1 aromatic rings. The van der Waals surface area contributed by atoms with E-state index in [1.807, 2.05) is 52.0 Å². The molecule has 1 saturated heterocycles. The van der Waals surface area contributed by atoms with Gasteiger partial charge in [-0.1, -0.05) is 12.1 Å². The Morgan fingerprint density at radius 2 is 2.17 bits per heavy atom. The molecule has 3 atom stereocenters. The summed E-state index contributed by atoms with van der Waals surface area (Å²) in [7, 11) is -0.839. The van der Waals surface area contributed by atoms with E-state index in [2.05, 4.69) is 5.32 Å². The highest BCUT2D eigenvalue weighted by atomic mass is 32.2. The van der Waals surface area contributed by atoms with Gasteiger partial charge in [-0.2, -0.15) is 0 Å². The summed E-state index contributed by atoms with van der Waals surface area (Å²) in [6.07, 6.45) is 0.122. The van der Waals surface area contributed by atoms with Crippen LogP contribution in [0.2, 0.25) is 0 Å². The number of nitrogens with zero attached hydrogens (tertiary/aromatic N) is 1. The summed E-state index contributed by atoms with van der Waals surface area (Å²) in [6, 6.07) is 7.63. The zero-order chi connectivity index (χ0) is 17.0. The molecule has 1 heterocycles. The third kappa shape index (κ3) is 4.70. The summed E-state index contributed by atoms with van der Waals surface area (Å²) in [5.41, 5.74) is 0.998. The van der Waals surface area contributed by atoms with Crippen molar-refractivity contribution in [2.75, 3.05) is 12.3 Å². The van der Waals surface area contributed by atoms with Crippen molar-refractivity contribution in [3.8, 4) is 5.75 Å². The van der Waals surface area contributed by atoms with Crippen molar-refractivity contribution in [2.45, 2.75) is 51.6 Å². The molecule has 0 radical (unpaired) electrons. The maximum atomic E-state index is 12.4. The monoisotopic (exact) mass is 338 g/mol. The van der Waals surface area contributed by atoms with Crippen LogP contribution >= 0.6 is 0 Å². The van der Waals surface area contributed by atoms with Gasteiger partial charge in [-0.05, 0) is 45.4 Å². The summed E-state index contributed by atoms with van der Waals surface area (Å²) in [4.78, 5) is 14.2. The third-order valence-electron chi connectivity index (χ3n) is 4.09. The molecule has 1 aromatic carbocycles. The third-order valence-corrected chi connectivity index (χ3v) is 5.90. The molecule has 0 saturated carbocycles. The van der Waals surface area contributed by atoms with E-state index in [9.17, 15) is 9.00 Å². The fourth-order valence-electron chi connectivity index (χ4n) is 2.62. The highest BCUT2D eigenvalue weighted by molar-refractivity contribution is 7.85. The van der Waals surface area contributed by atoms with E-state index < -0.39 is 10.8 Å².